The van der Waals surface area contributed by atoms with Crippen molar-refractivity contribution < 1.29 is 17.3 Å². The van der Waals surface area contributed by atoms with Gasteiger partial charge in [0.1, 0.15) is 5.82 Å². The largest absolute Gasteiger partial charge is 0.378 e. The molecule has 4 heterocycles. The van der Waals surface area contributed by atoms with E-state index in [9.17, 15) is 8.42 Å². The van der Waals surface area contributed by atoms with Crippen LogP contribution in [-0.4, -0.2) is 55.9 Å². The first-order valence-electron chi connectivity index (χ1n) is 10.7. The molecule has 1 saturated heterocycles. The van der Waals surface area contributed by atoms with Gasteiger partial charge in [-0.1, -0.05) is 24.3 Å². The minimum Gasteiger partial charge on any atom is -0.378 e. The lowest BCUT2D eigenvalue weighted by atomic mass is 10.1. The lowest BCUT2D eigenvalue weighted by Crippen LogP contribution is -2.36. The second-order valence-electron chi connectivity index (χ2n) is 7.85. The average molecular weight is 498 g/mol. The van der Waals surface area contributed by atoms with Crippen molar-refractivity contribution in [1.82, 2.24) is 15.0 Å². The first-order chi connectivity index (χ1) is 16.4. The number of benzene rings is 1. The maximum atomic E-state index is 11.2. The van der Waals surface area contributed by atoms with E-state index >= 15 is 0 Å². The summed E-state index contributed by atoms with van der Waals surface area (Å²) in [7, 11) is -3.48. The molecular formula is C23H23N5O4S2. The van der Waals surface area contributed by atoms with Gasteiger partial charge in [0.25, 0.3) is 10.1 Å². The van der Waals surface area contributed by atoms with Gasteiger partial charge in [0.2, 0.25) is 5.95 Å². The average Bonchev–Trinajstić information content (AvgIpc) is 3.27. The number of nitrogens with one attached hydrogen (secondary N) is 1. The van der Waals surface area contributed by atoms with Crippen LogP contribution in [0, 0.1) is 0 Å². The van der Waals surface area contributed by atoms with Crippen LogP contribution in [0.25, 0.3) is 21.3 Å². The lowest BCUT2D eigenvalue weighted by Gasteiger charge is -2.27. The zero-order valence-corrected chi connectivity index (χ0v) is 20.1. The first kappa shape index (κ1) is 22.7. The van der Waals surface area contributed by atoms with Crippen LogP contribution in [0.3, 0.4) is 0 Å². The highest BCUT2D eigenvalue weighted by Gasteiger charge is 2.13. The fourth-order valence-electron chi connectivity index (χ4n) is 3.62. The van der Waals surface area contributed by atoms with Crippen LogP contribution < -0.4 is 10.2 Å². The van der Waals surface area contributed by atoms with E-state index in [0.29, 0.717) is 5.95 Å². The summed E-state index contributed by atoms with van der Waals surface area (Å²) in [6.07, 6.45) is 4.63. The molecule has 0 aliphatic carbocycles. The Labute approximate surface area is 201 Å². The Bertz CT molecular complexity index is 1380. The number of aromatic nitrogens is 3. The molecule has 9 nitrogen and oxygen atoms in total. The highest BCUT2D eigenvalue weighted by atomic mass is 32.2. The summed E-state index contributed by atoms with van der Waals surface area (Å²) in [5.74, 6) is 1.42. The van der Waals surface area contributed by atoms with E-state index in [2.05, 4.69) is 20.2 Å². The van der Waals surface area contributed by atoms with Crippen LogP contribution in [-0.2, 0) is 25.6 Å². The molecule has 0 bridgehead atoms. The fraction of sp³-hybridized carbons (Fsp3) is 0.261. The van der Waals surface area contributed by atoms with Gasteiger partial charge in [-0.05, 0) is 23.3 Å². The Kier molecular flexibility index (Phi) is 6.42. The van der Waals surface area contributed by atoms with E-state index in [-0.39, 0.29) is 6.61 Å². The monoisotopic (exact) mass is 497 g/mol. The van der Waals surface area contributed by atoms with Crippen molar-refractivity contribution in [1.29, 1.82) is 0 Å². The molecule has 4 aromatic rings. The first-order valence-corrected chi connectivity index (χ1v) is 13.4. The Morgan fingerprint density at radius 1 is 1.09 bits per heavy atom. The molecule has 1 fully saturated rings. The zero-order valence-electron chi connectivity index (χ0n) is 18.5. The molecule has 0 saturated carbocycles. The number of ether oxygens (including phenoxy) is 1. The number of rotatable bonds is 7. The molecular weight excluding hydrogens is 474 g/mol. The number of thiophene rings is 1. The summed E-state index contributed by atoms with van der Waals surface area (Å²) in [5, 5.41) is 5.28. The SMILES string of the molecule is CS(=O)(=O)OCc1ccc(-c2csc3cnc(Nc4ccc(N5CCOCC5)nc4)nc23)cc1. The maximum absolute atomic E-state index is 11.2. The second-order valence-corrected chi connectivity index (χ2v) is 10.4. The van der Waals surface area contributed by atoms with Crippen LogP contribution in [0.15, 0.2) is 54.2 Å². The molecule has 176 valence electrons. The molecule has 1 aromatic carbocycles. The summed E-state index contributed by atoms with van der Waals surface area (Å²) < 4.78 is 33.6. The summed E-state index contributed by atoms with van der Waals surface area (Å²) >= 11 is 1.57. The van der Waals surface area contributed by atoms with E-state index in [4.69, 9.17) is 13.9 Å². The van der Waals surface area contributed by atoms with Crippen LogP contribution >= 0.6 is 11.3 Å². The third-order valence-electron chi connectivity index (χ3n) is 5.36. The van der Waals surface area contributed by atoms with Gasteiger partial charge in [-0.3, -0.25) is 4.18 Å². The van der Waals surface area contributed by atoms with E-state index in [1.165, 1.54) is 0 Å². The van der Waals surface area contributed by atoms with E-state index in [1.807, 2.05) is 48.0 Å². The van der Waals surface area contributed by atoms with Gasteiger partial charge in [0.05, 0.1) is 54.4 Å². The second kappa shape index (κ2) is 9.63. The van der Waals surface area contributed by atoms with Gasteiger partial charge in [0.15, 0.2) is 0 Å². The molecule has 1 N–H and O–H groups in total. The maximum Gasteiger partial charge on any atom is 0.264 e. The van der Waals surface area contributed by atoms with Crippen molar-refractivity contribution in [2.24, 2.45) is 0 Å². The van der Waals surface area contributed by atoms with Crippen molar-refractivity contribution >= 4 is 49.1 Å². The molecule has 0 unspecified atom stereocenters. The Balaban J connectivity index is 1.33. The Hall–Kier alpha value is -3.12. The number of morpholine rings is 1. The predicted molar refractivity (Wildman–Crippen MR) is 133 cm³/mol. The highest BCUT2D eigenvalue weighted by Crippen LogP contribution is 2.33. The predicted octanol–water partition coefficient (Wildman–Crippen LogP) is 3.81. The van der Waals surface area contributed by atoms with E-state index in [0.717, 1.165) is 71.0 Å². The number of pyridine rings is 1. The van der Waals surface area contributed by atoms with Crippen molar-refractivity contribution in [2.45, 2.75) is 6.61 Å². The normalized spacial score (nSPS) is 14.4. The van der Waals surface area contributed by atoms with E-state index < -0.39 is 10.1 Å². The molecule has 1 aliphatic rings. The van der Waals surface area contributed by atoms with Gasteiger partial charge in [-0.15, -0.1) is 11.3 Å². The molecule has 0 atom stereocenters. The minimum absolute atomic E-state index is 0.0120. The fourth-order valence-corrected chi connectivity index (χ4v) is 4.84. The third-order valence-corrected chi connectivity index (χ3v) is 6.81. The van der Waals surface area contributed by atoms with Crippen LogP contribution in [0.2, 0.25) is 0 Å². The van der Waals surface area contributed by atoms with Crippen molar-refractivity contribution in [3.8, 4) is 11.1 Å². The summed E-state index contributed by atoms with van der Waals surface area (Å²) in [4.78, 5) is 15.9. The van der Waals surface area contributed by atoms with Crippen LogP contribution in [0.4, 0.5) is 17.5 Å². The topological polar surface area (TPSA) is 107 Å². The highest BCUT2D eigenvalue weighted by molar-refractivity contribution is 7.85. The summed E-state index contributed by atoms with van der Waals surface area (Å²) in [6, 6.07) is 11.5. The number of anilines is 3. The van der Waals surface area contributed by atoms with Crippen molar-refractivity contribution in [2.75, 3.05) is 42.8 Å². The third kappa shape index (κ3) is 5.33. The van der Waals surface area contributed by atoms with E-state index in [1.54, 1.807) is 17.5 Å². The Morgan fingerprint density at radius 3 is 2.59 bits per heavy atom. The number of nitrogens with zero attached hydrogens (tertiary/aromatic N) is 4. The van der Waals surface area contributed by atoms with Crippen molar-refractivity contribution in [3.05, 3.63) is 59.7 Å². The molecule has 11 heteroatoms. The quantitative estimate of drug-likeness (QED) is 0.381. The van der Waals surface area contributed by atoms with Crippen molar-refractivity contribution in [3.63, 3.8) is 0 Å². The smallest absolute Gasteiger partial charge is 0.264 e. The number of hydrogen-bond acceptors (Lipinski definition) is 10. The molecule has 5 rings (SSSR count). The zero-order chi connectivity index (χ0) is 23.5. The van der Waals surface area contributed by atoms with Gasteiger partial charge >= 0.3 is 0 Å². The molecule has 1 aliphatic heterocycles. The lowest BCUT2D eigenvalue weighted by molar-refractivity contribution is 0.122. The van der Waals surface area contributed by atoms with Crippen LogP contribution in [0.1, 0.15) is 5.56 Å². The van der Waals surface area contributed by atoms with Gasteiger partial charge in [-0.2, -0.15) is 8.42 Å². The number of hydrogen-bond donors (Lipinski definition) is 1. The van der Waals surface area contributed by atoms with Gasteiger partial charge in [0, 0.05) is 24.0 Å². The Morgan fingerprint density at radius 2 is 1.88 bits per heavy atom. The molecule has 0 radical (unpaired) electrons. The summed E-state index contributed by atoms with van der Waals surface area (Å²) in [5.41, 5.74) is 4.40. The van der Waals surface area contributed by atoms with Gasteiger partial charge < -0.3 is 15.0 Å². The minimum atomic E-state index is -3.48. The standard InChI is InChI=1S/C23H23N5O4S2/c1-34(29,30)32-14-16-2-4-17(5-3-16)19-15-33-20-13-25-23(27-22(19)20)26-18-6-7-21(24-12-18)28-8-10-31-11-9-28/h2-7,12-13,15H,8-11,14H2,1H3,(H,25,26,27). The summed E-state index contributed by atoms with van der Waals surface area (Å²) in [6.45, 7) is 3.13. The molecule has 34 heavy (non-hydrogen) atoms. The molecule has 0 amide bonds. The molecule has 0 spiro atoms. The van der Waals surface area contributed by atoms with Gasteiger partial charge in [-0.25, -0.2) is 15.0 Å². The van der Waals surface area contributed by atoms with Crippen LogP contribution in [0.5, 0.6) is 0 Å². The number of fused-ring (bicyclic) bond motifs is 1. The molecule has 3 aromatic heterocycles.